The third-order valence-electron chi connectivity index (χ3n) is 5.84. The van der Waals surface area contributed by atoms with E-state index >= 15 is 0 Å². The van der Waals surface area contributed by atoms with Gasteiger partial charge in [-0.2, -0.15) is 0 Å². The van der Waals surface area contributed by atoms with Gasteiger partial charge in [0.15, 0.2) is 0 Å². The summed E-state index contributed by atoms with van der Waals surface area (Å²) in [4.78, 5) is 21.0. The minimum absolute atomic E-state index is 0.145. The maximum Gasteiger partial charge on any atom is 0.240 e. The van der Waals surface area contributed by atoms with Crippen LogP contribution in [0.3, 0.4) is 0 Å². The monoisotopic (exact) mass is 354 g/mol. The Morgan fingerprint density at radius 3 is 2.73 bits per heavy atom. The summed E-state index contributed by atoms with van der Waals surface area (Å²) in [6.45, 7) is 8.09. The summed E-state index contributed by atoms with van der Waals surface area (Å²) in [6, 6.07) is 6.56. The first-order valence-corrected chi connectivity index (χ1v) is 9.85. The van der Waals surface area contributed by atoms with Crippen LogP contribution in [-0.4, -0.2) is 60.0 Å². The molecule has 0 aliphatic carbocycles. The molecule has 1 aromatic heterocycles. The molecule has 1 amide bonds. The molecule has 5 heteroatoms. The van der Waals surface area contributed by atoms with Gasteiger partial charge in [-0.15, -0.1) is 0 Å². The normalized spacial score (nSPS) is 24.2. The highest BCUT2D eigenvalue weighted by molar-refractivity contribution is 5.90. The van der Waals surface area contributed by atoms with E-state index in [0.29, 0.717) is 5.92 Å². The smallest absolute Gasteiger partial charge is 0.240 e. The summed E-state index contributed by atoms with van der Waals surface area (Å²) in [5, 5.41) is 5.05. The fourth-order valence-corrected chi connectivity index (χ4v) is 4.42. The summed E-state index contributed by atoms with van der Waals surface area (Å²) in [6.07, 6.45) is 3.89. The van der Waals surface area contributed by atoms with E-state index in [1.54, 1.807) is 0 Å². The van der Waals surface area contributed by atoms with Gasteiger partial charge in [0.1, 0.15) is 0 Å². The predicted molar refractivity (Wildman–Crippen MR) is 105 cm³/mol. The molecule has 3 heterocycles. The topological polar surface area (TPSA) is 51.4 Å². The van der Waals surface area contributed by atoms with Gasteiger partial charge in [0.2, 0.25) is 5.91 Å². The number of benzene rings is 1. The number of likely N-dealkylation sites (N-methyl/N-ethyl adjacent to an activating group) is 1. The molecule has 1 fully saturated rings. The average Bonchev–Trinajstić information content (AvgIpc) is 2.96. The van der Waals surface area contributed by atoms with Gasteiger partial charge in [0.25, 0.3) is 0 Å². The molecular formula is C21H30N4O. The lowest BCUT2D eigenvalue weighted by Crippen LogP contribution is -2.54. The SMILES string of the molecule is CC(C)CC1NC(C(=O)N2CCN(C)CC2)Cc2c[nH]c3cccc1c23. The van der Waals surface area contributed by atoms with Crippen molar-refractivity contribution >= 4 is 16.8 Å². The van der Waals surface area contributed by atoms with Crippen molar-refractivity contribution in [3.8, 4) is 0 Å². The first kappa shape index (κ1) is 17.6. The van der Waals surface area contributed by atoms with Crippen molar-refractivity contribution in [2.75, 3.05) is 33.2 Å². The molecule has 1 aromatic carbocycles. The van der Waals surface area contributed by atoms with Crippen LogP contribution in [-0.2, 0) is 11.2 Å². The standard InChI is InChI=1S/C21H30N4O/c1-14(2)11-18-16-5-4-6-17-20(16)15(13-22-17)12-19(23-18)21(26)25-9-7-24(3)8-10-25/h4-6,13-14,18-19,22-23H,7-12H2,1-3H3. The number of hydrogen-bond donors (Lipinski definition) is 2. The Morgan fingerprint density at radius 2 is 2.00 bits per heavy atom. The Hall–Kier alpha value is -1.85. The van der Waals surface area contributed by atoms with Crippen molar-refractivity contribution in [2.24, 2.45) is 5.92 Å². The highest BCUT2D eigenvalue weighted by atomic mass is 16.2. The number of nitrogens with one attached hydrogen (secondary N) is 2. The maximum atomic E-state index is 13.3. The number of carbonyl (C=O) groups excluding carboxylic acids is 1. The fourth-order valence-electron chi connectivity index (χ4n) is 4.42. The Labute approximate surface area is 155 Å². The molecule has 2 aliphatic rings. The van der Waals surface area contributed by atoms with Crippen LogP contribution < -0.4 is 5.32 Å². The van der Waals surface area contributed by atoms with Crippen LogP contribution in [0.2, 0.25) is 0 Å². The van der Waals surface area contributed by atoms with Gasteiger partial charge in [-0.25, -0.2) is 0 Å². The highest BCUT2D eigenvalue weighted by Crippen LogP contribution is 2.34. The zero-order valence-corrected chi connectivity index (χ0v) is 16.1. The van der Waals surface area contributed by atoms with Crippen molar-refractivity contribution in [1.29, 1.82) is 0 Å². The molecule has 0 saturated carbocycles. The zero-order chi connectivity index (χ0) is 18.3. The Balaban J connectivity index is 1.65. The molecule has 2 aromatic rings. The summed E-state index contributed by atoms with van der Waals surface area (Å²) < 4.78 is 0. The first-order chi connectivity index (χ1) is 12.5. The minimum Gasteiger partial charge on any atom is -0.361 e. The number of aromatic amines is 1. The quantitative estimate of drug-likeness (QED) is 0.891. The number of rotatable bonds is 3. The molecule has 4 rings (SSSR count). The van der Waals surface area contributed by atoms with Gasteiger partial charge in [0, 0.05) is 49.3 Å². The predicted octanol–water partition coefficient (Wildman–Crippen LogP) is 2.54. The van der Waals surface area contributed by atoms with Crippen molar-refractivity contribution < 1.29 is 4.79 Å². The molecule has 2 aliphatic heterocycles. The van der Waals surface area contributed by atoms with Crippen LogP contribution in [0.4, 0.5) is 0 Å². The van der Waals surface area contributed by atoms with E-state index in [1.807, 2.05) is 4.90 Å². The highest BCUT2D eigenvalue weighted by Gasteiger charge is 2.33. The molecule has 1 saturated heterocycles. The van der Waals surface area contributed by atoms with E-state index < -0.39 is 0 Å². The molecule has 2 unspecified atom stereocenters. The number of nitrogens with zero attached hydrogens (tertiary/aromatic N) is 2. The second kappa shape index (κ2) is 7.05. The Kier molecular flexibility index (Phi) is 4.76. The van der Waals surface area contributed by atoms with Crippen molar-refractivity contribution in [3.63, 3.8) is 0 Å². The van der Waals surface area contributed by atoms with Gasteiger partial charge in [-0.05, 0) is 43.0 Å². The third kappa shape index (κ3) is 3.26. The molecule has 0 radical (unpaired) electrons. The number of amides is 1. The van der Waals surface area contributed by atoms with Crippen molar-refractivity contribution in [2.45, 2.75) is 38.8 Å². The molecule has 0 spiro atoms. The number of H-pyrrole nitrogens is 1. The first-order valence-electron chi connectivity index (χ1n) is 9.85. The van der Waals surface area contributed by atoms with E-state index in [2.05, 4.69) is 60.5 Å². The van der Waals surface area contributed by atoms with Crippen LogP contribution >= 0.6 is 0 Å². The number of piperazine rings is 1. The van der Waals surface area contributed by atoms with E-state index in [-0.39, 0.29) is 18.0 Å². The molecule has 140 valence electrons. The number of aromatic nitrogens is 1. The van der Waals surface area contributed by atoms with Gasteiger partial charge in [-0.3, -0.25) is 10.1 Å². The molecule has 2 atom stereocenters. The third-order valence-corrected chi connectivity index (χ3v) is 5.84. The summed E-state index contributed by atoms with van der Waals surface area (Å²) in [5.74, 6) is 0.830. The molecule has 5 nitrogen and oxygen atoms in total. The molecule has 0 bridgehead atoms. The lowest BCUT2D eigenvalue weighted by Gasteiger charge is -2.35. The average molecular weight is 354 g/mol. The van der Waals surface area contributed by atoms with E-state index in [0.717, 1.165) is 39.0 Å². The van der Waals surface area contributed by atoms with Gasteiger partial charge < -0.3 is 14.8 Å². The maximum absolute atomic E-state index is 13.3. The van der Waals surface area contributed by atoms with Crippen LogP contribution in [0.15, 0.2) is 24.4 Å². The molecular weight excluding hydrogens is 324 g/mol. The number of carbonyl (C=O) groups is 1. The Morgan fingerprint density at radius 1 is 1.23 bits per heavy atom. The van der Waals surface area contributed by atoms with Crippen molar-refractivity contribution in [1.82, 2.24) is 20.1 Å². The van der Waals surface area contributed by atoms with Crippen LogP contribution in [0.25, 0.3) is 10.9 Å². The van der Waals surface area contributed by atoms with Gasteiger partial charge >= 0.3 is 0 Å². The van der Waals surface area contributed by atoms with Crippen LogP contribution in [0.5, 0.6) is 0 Å². The van der Waals surface area contributed by atoms with E-state index in [1.165, 1.54) is 22.0 Å². The molecule has 2 N–H and O–H groups in total. The van der Waals surface area contributed by atoms with Crippen molar-refractivity contribution in [3.05, 3.63) is 35.5 Å². The minimum atomic E-state index is -0.145. The second-order valence-electron chi connectivity index (χ2n) is 8.32. The Bertz CT molecular complexity index is 788. The summed E-state index contributed by atoms with van der Waals surface area (Å²) in [7, 11) is 2.12. The lowest BCUT2D eigenvalue weighted by molar-refractivity contribution is -0.135. The summed E-state index contributed by atoms with van der Waals surface area (Å²) in [5.41, 5.74) is 3.78. The second-order valence-corrected chi connectivity index (χ2v) is 8.32. The van der Waals surface area contributed by atoms with E-state index in [9.17, 15) is 4.79 Å². The zero-order valence-electron chi connectivity index (χ0n) is 16.1. The van der Waals surface area contributed by atoms with E-state index in [4.69, 9.17) is 0 Å². The van der Waals surface area contributed by atoms with Crippen LogP contribution in [0.1, 0.15) is 37.4 Å². The fraction of sp³-hybridized carbons (Fsp3) is 0.571. The lowest BCUT2D eigenvalue weighted by atomic mass is 9.94. The van der Waals surface area contributed by atoms with Crippen LogP contribution in [0, 0.1) is 5.92 Å². The van der Waals surface area contributed by atoms with Gasteiger partial charge in [-0.1, -0.05) is 26.0 Å². The number of hydrogen-bond acceptors (Lipinski definition) is 3. The summed E-state index contributed by atoms with van der Waals surface area (Å²) >= 11 is 0. The largest absolute Gasteiger partial charge is 0.361 e. The van der Waals surface area contributed by atoms with Gasteiger partial charge in [0.05, 0.1) is 6.04 Å². The molecule has 26 heavy (non-hydrogen) atoms.